The van der Waals surface area contributed by atoms with E-state index in [1.54, 1.807) is 23.8 Å². The molecule has 0 spiro atoms. The van der Waals surface area contributed by atoms with Gasteiger partial charge >= 0.3 is 12.7 Å². The molecule has 0 unspecified atom stereocenters. The van der Waals surface area contributed by atoms with Gasteiger partial charge in [0.15, 0.2) is 11.4 Å². The molecular formula is C17H17N2O3+. The molecule has 0 atom stereocenters. The average molecular weight is 297 g/mol. The highest BCUT2D eigenvalue weighted by molar-refractivity contribution is 5.91. The van der Waals surface area contributed by atoms with Crippen LogP contribution in [-0.2, 0) is 4.74 Å². The lowest BCUT2D eigenvalue weighted by Gasteiger charge is -2.14. The maximum atomic E-state index is 11.9. The van der Waals surface area contributed by atoms with Crippen molar-refractivity contribution >= 4 is 17.3 Å². The van der Waals surface area contributed by atoms with Crippen molar-refractivity contribution in [3.05, 3.63) is 53.6 Å². The van der Waals surface area contributed by atoms with Crippen molar-refractivity contribution in [2.75, 3.05) is 13.3 Å². The van der Waals surface area contributed by atoms with E-state index in [1.807, 2.05) is 37.3 Å². The van der Waals surface area contributed by atoms with Gasteiger partial charge in [-0.1, -0.05) is 18.2 Å². The highest BCUT2D eigenvalue weighted by atomic mass is 16.5. The molecule has 0 fully saturated rings. The lowest BCUT2D eigenvalue weighted by atomic mass is 10.1. The first-order valence-corrected chi connectivity index (χ1v) is 7.18. The summed E-state index contributed by atoms with van der Waals surface area (Å²) in [5, 5.41) is 4.58. The Morgan fingerprint density at radius 2 is 2.09 bits per heavy atom. The summed E-state index contributed by atoms with van der Waals surface area (Å²) in [6.45, 7) is 4.37. The van der Waals surface area contributed by atoms with Gasteiger partial charge in [0.05, 0.1) is 12.2 Å². The third-order valence-corrected chi connectivity index (χ3v) is 3.38. The van der Waals surface area contributed by atoms with Crippen LogP contribution in [0.4, 0.5) is 11.4 Å². The quantitative estimate of drug-likeness (QED) is 0.636. The van der Waals surface area contributed by atoms with E-state index in [0.717, 1.165) is 11.3 Å². The molecule has 3 rings (SSSR count). The second-order valence-electron chi connectivity index (χ2n) is 4.97. The number of esters is 1. The number of ether oxygens (including phenoxy) is 2. The van der Waals surface area contributed by atoms with Crippen molar-refractivity contribution in [3.8, 4) is 5.75 Å². The Bertz CT molecular complexity index is 739. The minimum atomic E-state index is -0.347. The standard InChI is InChI=1S/C17H17N2O3/c1-3-21-17(20)13-9-12(2)16-15(10-13)18-19(11-22-16)14-7-5-4-6-8-14/h4-10H,3,11H2,1-2H3/q+1. The van der Waals surface area contributed by atoms with Gasteiger partial charge in [-0.3, -0.25) is 0 Å². The zero-order valence-corrected chi connectivity index (χ0v) is 12.6. The SMILES string of the molecule is CCOC(=O)c1cc(C)c2c(c1)N=[N+](c1ccccc1)CO2. The van der Waals surface area contributed by atoms with Gasteiger partial charge in [0.1, 0.15) is 0 Å². The molecule has 5 heteroatoms. The van der Waals surface area contributed by atoms with E-state index in [9.17, 15) is 4.79 Å². The first-order chi connectivity index (χ1) is 10.7. The number of azo groups is 2. The van der Waals surface area contributed by atoms with Gasteiger partial charge < -0.3 is 9.47 Å². The summed E-state index contributed by atoms with van der Waals surface area (Å²) >= 11 is 0. The molecule has 2 aromatic rings. The molecule has 0 amide bonds. The van der Waals surface area contributed by atoms with Gasteiger partial charge in [-0.2, -0.15) is 0 Å². The van der Waals surface area contributed by atoms with Gasteiger partial charge in [0, 0.05) is 17.2 Å². The zero-order chi connectivity index (χ0) is 15.5. The predicted octanol–water partition coefficient (Wildman–Crippen LogP) is 3.95. The summed E-state index contributed by atoms with van der Waals surface area (Å²) < 4.78 is 12.6. The summed E-state index contributed by atoms with van der Waals surface area (Å²) in [5.74, 6) is 0.362. The van der Waals surface area contributed by atoms with Crippen molar-refractivity contribution in [1.29, 1.82) is 0 Å². The minimum absolute atomic E-state index is 0.344. The molecule has 0 N–H and O–H groups in total. The number of carbonyl (C=O) groups is 1. The Morgan fingerprint density at radius 1 is 1.32 bits per heavy atom. The van der Waals surface area contributed by atoms with Crippen LogP contribution >= 0.6 is 0 Å². The second kappa shape index (κ2) is 5.97. The van der Waals surface area contributed by atoms with Crippen LogP contribution in [0.1, 0.15) is 22.8 Å². The van der Waals surface area contributed by atoms with E-state index in [1.165, 1.54) is 0 Å². The van der Waals surface area contributed by atoms with Crippen molar-refractivity contribution in [3.63, 3.8) is 0 Å². The first-order valence-electron chi connectivity index (χ1n) is 7.18. The molecule has 0 bridgehead atoms. The number of hydrogen-bond donors (Lipinski definition) is 0. The lowest BCUT2D eigenvalue weighted by Crippen LogP contribution is -2.16. The number of benzene rings is 2. The van der Waals surface area contributed by atoms with E-state index in [2.05, 4.69) is 5.11 Å². The van der Waals surface area contributed by atoms with Gasteiger partial charge in [-0.15, -0.1) is 0 Å². The third kappa shape index (κ3) is 2.70. The molecule has 5 nitrogen and oxygen atoms in total. The highest BCUT2D eigenvalue weighted by Crippen LogP contribution is 2.36. The molecule has 0 aliphatic carbocycles. The van der Waals surface area contributed by atoms with E-state index >= 15 is 0 Å². The second-order valence-corrected chi connectivity index (χ2v) is 4.97. The maximum Gasteiger partial charge on any atom is 0.338 e. The zero-order valence-electron chi connectivity index (χ0n) is 12.6. The fourth-order valence-corrected chi connectivity index (χ4v) is 2.37. The normalized spacial score (nSPS) is 12.9. The molecule has 0 saturated carbocycles. The molecule has 22 heavy (non-hydrogen) atoms. The van der Waals surface area contributed by atoms with Crippen LogP contribution in [0.3, 0.4) is 0 Å². The minimum Gasteiger partial charge on any atom is -0.462 e. The molecule has 1 aliphatic rings. The maximum absolute atomic E-state index is 11.9. The van der Waals surface area contributed by atoms with Crippen molar-refractivity contribution < 1.29 is 19.0 Å². The van der Waals surface area contributed by atoms with E-state index in [4.69, 9.17) is 9.47 Å². The van der Waals surface area contributed by atoms with Gasteiger partial charge in [0.2, 0.25) is 5.69 Å². The highest BCUT2D eigenvalue weighted by Gasteiger charge is 2.24. The molecule has 1 aliphatic heterocycles. The van der Waals surface area contributed by atoms with E-state index in [-0.39, 0.29) is 5.97 Å². The Kier molecular flexibility index (Phi) is 3.87. The largest absolute Gasteiger partial charge is 0.462 e. The fourth-order valence-electron chi connectivity index (χ4n) is 2.37. The van der Waals surface area contributed by atoms with Gasteiger partial charge in [-0.05, 0) is 36.2 Å². The third-order valence-electron chi connectivity index (χ3n) is 3.38. The van der Waals surface area contributed by atoms with E-state index in [0.29, 0.717) is 30.3 Å². The molecule has 0 saturated heterocycles. The molecule has 1 heterocycles. The summed E-state index contributed by atoms with van der Waals surface area (Å²) in [4.78, 5) is 11.9. The van der Waals surface area contributed by atoms with Crippen LogP contribution in [0, 0.1) is 6.92 Å². The molecule has 0 aromatic heterocycles. The van der Waals surface area contributed by atoms with Gasteiger partial charge in [0.25, 0.3) is 0 Å². The fraction of sp³-hybridized carbons (Fsp3) is 0.235. The van der Waals surface area contributed by atoms with Crippen LogP contribution < -0.4 is 4.74 Å². The number of carbonyl (C=O) groups excluding carboxylic acids is 1. The number of rotatable bonds is 3. The van der Waals surface area contributed by atoms with Crippen molar-refractivity contribution in [1.82, 2.24) is 0 Å². The number of nitrogens with zero attached hydrogens (tertiary/aromatic N) is 2. The molecule has 0 radical (unpaired) electrons. The van der Waals surface area contributed by atoms with Crippen LogP contribution in [0.2, 0.25) is 0 Å². The molecule has 112 valence electrons. The number of hydrogen-bond acceptors (Lipinski definition) is 4. The smallest absolute Gasteiger partial charge is 0.338 e. The number of aryl methyl sites for hydroxylation is 1. The Balaban J connectivity index is 2.02. The summed E-state index contributed by atoms with van der Waals surface area (Å²) in [7, 11) is 0. The predicted molar refractivity (Wildman–Crippen MR) is 81.1 cm³/mol. The number of para-hydroxylation sites is 1. The Hall–Kier alpha value is -2.69. The monoisotopic (exact) mass is 297 g/mol. The summed E-state index contributed by atoms with van der Waals surface area (Å²) in [6, 6.07) is 13.2. The van der Waals surface area contributed by atoms with Crippen molar-refractivity contribution in [2.24, 2.45) is 5.11 Å². The van der Waals surface area contributed by atoms with Crippen LogP contribution in [0.5, 0.6) is 5.75 Å². The lowest BCUT2D eigenvalue weighted by molar-refractivity contribution is -0.544. The summed E-state index contributed by atoms with van der Waals surface area (Å²) in [5.41, 5.74) is 2.93. The van der Waals surface area contributed by atoms with Crippen LogP contribution in [0.15, 0.2) is 47.6 Å². The Morgan fingerprint density at radius 3 is 2.82 bits per heavy atom. The average Bonchev–Trinajstić information content (AvgIpc) is 2.55. The van der Waals surface area contributed by atoms with E-state index < -0.39 is 0 Å². The number of fused-ring (bicyclic) bond motifs is 1. The van der Waals surface area contributed by atoms with Gasteiger partial charge in [-0.25, -0.2) is 4.79 Å². The molecule has 2 aromatic carbocycles. The van der Waals surface area contributed by atoms with Crippen LogP contribution in [-0.4, -0.2) is 24.0 Å². The van der Waals surface area contributed by atoms with Crippen molar-refractivity contribution in [2.45, 2.75) is 13.8 Å². The first kappa shape index (κ1) is 14.3. The summed E-state index contributed by atoms with van der Waals surface area (Å²) in [6.07, 6.45) is 0. The molecular weight excluding hydrogens is 280 g/mol. The topological polar surface area (TPSA) is 50.9 Å². The van der Waals surface area contributed by atoms with Crippen LogP contribution in [0.25, 0.3) is 0 Å². The Labute approximate surface area is 128 Å².